The zero-order valence-electron chi connectivity index (χ0n) is 8.61. The number of carbonyl (C=O) groups excluding carboxylic acids is 3. The number of ketones is 1. The van der Waals surface area contributed by atoms with Gasteiger partial charge < -0.3 is 5.32 Å². The summed E-state index contributed by atoms with van der Waals surface area (Å²) in [5.41, 5.74) is 0. The van der Waals surface area contributed by atoms with Gasteiger partial charge >= 0.3 is 0 Å². The van der Waals surface area contributed by atoms with E-state index in [2.05, 4.69) is 10.3 Å². The van der Waals surface area contributed by atoms with Gasteiger partial charge in [-0.3, -0.25) is 14.4 Å². The van der Waals surface area contributed by atoms with Crippen molar-refractivity contribution in [3.63, 3.8) is 0 Å². The minimum Gasteiger partial charge on any atom is -0.313 e. The minimum absolute atomic E-state index is 0.168. The molecule has 0 aliphatic carbocycles. The Morgan fingerprint density at radius 1 is 1.33 bits per heavy atom. The minimum atomic E-state index is -0.623. The van der Waals surface area contributed by atoms with Gasteiger partial charge in [0.05, 0.1) is 17.8 Å². The van der Waals surface area contributed by atoms with Crippen molar-refractivity contribution in [2.24, 2.45) is 22.7 Å². The molecule has 2 heterocycles. The highest BCUT2D eigenvalue weighted by Gasteiger charge is 2.48. The van der Waals surface area contributed by atoms with Crippen LogP contribution in [0.5, 0.6) is 0 Å². The molecule has 5 heteroatoms. The van der Waals surface area contributed by atoms with E-state index in [9.17, 15) is 14.4 Å². The first kappa shape index (κ1) is 10.0. The summed E-state index contributed by atoms with van der Waals surface area (Å²) < 4.78 is 0. The van der Waals surface area contributed by atoms with Crippen molar-refractivity contribution in [3.05, 3.63) is 0 Å². The van der Waals surface area contributed by atoms with Crippen LogP contribution in [0.2, 0.25) is 0 Å². The summed E-state index contributed by atoms with van der Waals surface area (Å²) in [6, 6.07) is 0. The lowest BCUT2D eigenvalue weighted by atomic mass is 9.80. The van der Waals surface area contributed by atoms with E-state index in [0.29, 0.717) is 6.42 Å². The Kier molecular flexibility index (Phi) is 2.17. The van der Waals surface area contributed by atoms with Gasteiger partial charge in [-0.15, -0.1) is 0 Å². The fourth-order valence-electron chi connectivity index (χ4n) is 2.10. The van der Waals surface area contributed by atoms with Crippen molar-refractivity contribution in [1.82, 2.24) is 5.32 Å². The fourth-order valence-corrected chi connectivity index (χ4v) is 2.10. The van der Waals surface area contributed by atoms with Crippen LogP contribution in [0, 0.1) is 17.8 Å². The summed E-state index contributed by atoms with van der Waals surface area (Å²) in [6.45, 7) is 3.46. The van der Waals surface area contributed by atoms with Crippen molar-refractivity contribution < 1.29 is 14.4 Å². The Morgan fingerprint density at radius 2 is 2.00 bits per heavy atom. The molecule has 0 unspecified atom stereocenters. The molecule has 0 aromatic carbocycles. The van der Waals surface area contributed by atoms with E-state index in [1.54, 1.807) is 13.8 Å². The highest BCUT2D eigenvalue weighted by Crippen LogP contribution is 2.29. The van der Waals surface area contributed by atoms with Crippen LogP contribution in [0.3, 0.4) is 0 Å². The van der Waals surface area contributed by atoms with Crippen LogP contribution in [0.1, 0.15) is 20.3 Å². The van der Waals surface area contributed by atoms with Gasteiger partial charge in [-0.05, 0) is 6.42 Å². The number of hydrogen-bond donors (Lipinski definition) is 1. The molecule has 0 spiro atoms. The number of nitrogens with zero attached hydrogens (tertiary/aromatic N) is 1. The largest absolute Gasteiger partial charge is 0.313 e. The molecule has 2 amide bonds. The lowest BCUT2D eigenvalue weighted by Gasteiger charge is -2.26. The lowest BCUT2D eigenvalue weighted by Crippen LogP contribution is -2.52. The van der Waals surface area contributed by atoms with Gasteiger partial charge in [0.1, 0.15) is 5.84 Å². The van der Waals surface area contributed by atoms with Crippen molar-refractivity contribution in [2.45, 2.75) is 20.3 Å². The van der Waals surface area contributed by atoms with Gasteiger partial charge in [0.2, 0.25) is 5.91 Å². The Hall–Kier alpha value is -1.52. The Morgan fingerprint density at radius 3 is 2.60 bits per heavy atom. The van der Waals surface area contributed by atoms with Crippen LogP contribution in [0.4, 0.5) is 0 Å². The van der Waals surface area contributed by atoms with Crippen molar-refractivity contribution in [3.8, 4) is 0 Å². The average Bonchev–Trinajstić information content (AvgIpc) is 2.43. The second-order valence-electron chi connectivity index (χ2n) is 3.95. The van der Waals surface area contributed by atoms with E-state index in [-0.39, 0.29) is 23.4 Å². The molecule has 2 aliphatic heterocycles. The molecular weight excluding hydrogens is 196 g/mol. The van der Waals surface area contributed by atoms with E-state index < -0.39 is 17.8 Å². The third-order valence-electron chi connectivity index (χ3n) is 3.04. The second-order valence-corrected chi connectivity index (χ2v) is 3.95. The molecule has 0 saturated carbocycles. The monoisotopic (exact) mass is 208 g/mol. The van der Waals surface area contributed by atoms with Crippen molar-refractivity contribution in [1.29, 1.82) is 0 Å². The van der Waals surface area contributed by atoms with Crippen LogP contribution in [0.15, 0.2) is 4.99 Å². The van der Waals surface area contributed by atoms with Gasteiger partial charge in [-0.1, -0.05) is 13.8 Å². The summed E-state index contributed by atoms with van der Waals surface area (Å²) in [5, 5.41) is 2.54. The van der Waals surface area contributed by atoms with E-state index in [1.165, 1.54) is 0 Å². The van der Waals surface area contributed by atoms with Crippen LogP contribution in [-0.4, -0.2) is 23.4 Å². The van der Waals surface area contributed by atoms with Gasteiger partial charge in [0.25, 0.3) is 5.91 Å². The molecule has 15 heavy (non-hydrogen) atoms. The van der Waals surface area contributed by atoms with Gasteiger partial charge in [0, 0.05) is 0 Å². The SMILES string of the molecule is CC[C@H]1C(=O)NC2=NC(=O)[C@@H](C)[C@@H]2C1=O. The maximum absolute atomic E-state index is 11.9. The van der Waals surface area contributed by atoms with Crippen LogP contribution in [0.25, 0.3) is 0 Å². The summed E-state index contributed by atoms with van der Waals surface area (Å²) in [6.07, 6.45) is 0.468. The molecule has 2 rings (SSSR count). The first-order chi connectivity index (χ1) is 7.06. The van der Waals surface area contributed by atoms with Crippen LogP contribution in [-0.2, 0) is 14.4 Å². The van der Waals surface area contributed by atoms with Gasteiger partial charge in [-0.25, -0.2) is 0 Å². The van der Waals surface area contributed by atoms with E-state index >= 15 is 0 Å². The second kappa shape index (κ2) is 3.25. The maximum atomic E-state index is 11.9. The molecule has 2 aliphatic rings. The number of amides is 2. The first-order valence-corrected chi connectivity index (χ1v) is 5.03. The normalized spacial score (nSPS) is 34.9. The molecule has 1 saturated heterocycles. The van der Waals surface area contributed by atoms with Gasteiger partial charge in [0.15, 0.2) is 5.78 Å². The summed E-state index contributed by atoms with van der Waals surface area (Å²) >= 11 is 0. The number of nitrogens with one attached hydrogen (secondary N) is 1. The predicted molar refractivity (Wildman–Crippen MR) is 52.0 cm³/mol. The number of piperidine rings is 1. The van der Waals surface area contributed by atoms with Crippen LogP contribution >= 0.6 is 0 Å². The van der Waals surface area contributed by atoms with Crippen molar-refractivity contribution in [2.75, 3.05) is 0 Å². The Labute approximate surface area is 86.9 Å². The first-order valence-electron chi connectivity index (χ1n) is 5.03. The molecule has 80 valence electrons. The third-order valence-corrected chi connectivity index (χ3v) is 3.04. The Balaban J connectivity index is 2.36. The molecule has 1 N–H and O–H groups in total. The number of hydrogen-bond acceptors (Lipinski definition) is 3. The van der Waals surface area contributed by atoms with E-state index in [4.69, 9.17) is 0 Å². The maximum Gasteiger partial charge on any atom is 0.251 e. The lowest BCUT2D eigenvalue weighted by molar-refractivity contribution is -0.138. The van der Waals surface area contributed by atoms with E-state index in [0.717, 1.165) is 0 Å². The van der Waals surface area contributed by atoms with Crippen LogP contribution < -0.4 is 5.32 Å². The zero-order valence-corrected chi connectivity index (χ0v) is 8.61. The van der Waals surface area contributed by atoms with Crippen molar-refractivity contribution >= 4 is 23.4 Å². The molecule has 0 radical (unpaired) electrons. The number of Topliss-reactive ketones (excluding diaryl/α,β-unsaturated/α-hetero) is 1. The molecule has 0 bridgehead atoms. The summed E-state index contributed by atoms with van der Waals surface area (Å²) in [4.78, 5) is 38.4. The smallest absolute Gasteiger partial charge is 0.251 e. The third kappa shape index (κ3) is 1.30. The molecular formula is C10H12N2O3. The fraction of sp³-hybridized carbons (Fsp3) is 0.600. The molecule has 3 atom stereocenters. The average molecular weight is 208 g/mol. The number of carbonyl (C=O) groups is 3. The number of fused-ring (bicyclic) bond motifs is 1. The summed E-state index contributed by atoms with van der Waals surface area (Å²) in [5.74, 6) is -2.16. The number of rotatable bonds is 1. The molecule has 0 aromatic heterocycles. The topological polar surface area (TPSA) is 75.6 Å². The van der Waals surface area contributed by atoms with E-state index in [1.807, 2.05) is 0 Å². The standard InChI is InChI=1S/C10H12N2O3/c1-3-5-7(13)6-4(2)9(14)11-8(6)12-10(5)15/h4-6H,3H2,1-2H3,(H,11,12,14,15)/t4-,5+,6+/m0/s1. The highest BCUT2D eigenvalue weighted by atomic mass is 16.2. The Bertz CT molecular complexity index is 386. The molecule has 5 nitrogen and oxygen atoms in total. The summed E-state index contributed by atoms with van der Waals surface area (Å²) in [7, 11) is 0. The number of amidine groups is 1. The van der Waals surface area contributed by atoms with Gasteiger partial charge in [-0.2, -0.15) is 4.99 Å². The highest BCUT2D eigenvalue weighted by molar-refractivity contribution is 6.26. The zero-order chi connectivity index (χ0) is 11.2. The predicted octanol–water partition coefficient (Wildman–Crippen LogP) is -0.0975. The molecule has 1 fully saturated rings. The number of aliphatic imine (C=N–C) groups is 1. The quantitative estimate of drug-likeness (QED) is 0.611. The molecule has 0 aromatic rings.